The zero-order valence-electron chi connectivity index (χ0n) is 14.7. The Kier molecular flexibility index (Phi) is 3.60. The zero-order chi connectivity index (χ0) is 18.4. The molecule has 0 amide bonds. The lowest BCUT2D eigenvalue weighted by molar-refractivity contribution is 0.476. The van der Waals surface area contributed by atoms with Crippen LogP contribution < -0.4 is 10.5 Å². The second-order valence-corrected chi connectivity index (χ2v) is 6.91. The van der Waals surface area contributed by atoms with Crippen molar-refractivity contribution in [3.8, 4) is 5.75 Å². The Balaban J connectivity index is 1.82. The topological polar surface area (TPSA) is 75.7 Å². The predicted octanol–water partition coefficient (Wildman–Crippen LogP) is 2.40. The molecular formula is C20H19N5O2. The number of hydrogen-bond acceptors (Lipinski definition) is 5. The van der Waals surface area contributed by atoms with E-state index in [1.165, 1.54) is 6.07 Å². The molecule has 1 aliphatic heterocycles. The largest absolute Gasteiger partial charge is 0.508 e. The maximum Gasteiger partial charge on any atom is 0.263 e. The van der Waals surface area contributed by atoms with Crippen molar-refractivity contribution in [2.45, 2.75) is 19.4 Å². The molecule has 1 fully saturated rings. The number of fused-ring (bicyclic) bond motifs is 3. The lowest BCUT2D eigenvalue weighted by Gasteiger charge is -2.17. The molecule has 1 saturated heterocycles. The zero-order valence-corrected chi connectivity index (χ0v) is 14.7. The van der Waals surface area contributed by atoms with E-state index in [0.29, 0.717) is 23.2 Å². The van der Waals surface area contributed by atoms with Crippen LogP contribution in [0, 0.1) is 0 Å². The molecule has 2 aromatic heterocycles. The molecule has 136 valence electrons. The fourth-order valence-electron chi connectivity index (χ4n) is 3.82. The predicted molar refractivity (Wildman–Crippen MR) is 103 cm³/mol. The van der Waals surface area contributed by atoms with E-state index in [9.17, 15) is 9.90 Å². The van der Waals surface area contributed by atoms with Crippen LogP contribution in [-0.4, -0.2) is 37.4 Å². The average Bonchev–Trinajstić information content (AvgIpc) is 3.35. The molecule has 3 heterocycles. The van der Waals surface area contributed by atoms with Gasteiger partial charge in [-0.15, -0.1) is 10.2 Å². The lowest BCUT2D eigenvalue weighted by Crippen LogP contribution is -2.25. The molecule has 0 aliphatic carbocycles. The van der Waals surface area contributed by atoms with Crippen molar-refractivity contribution in [2.24, 2.45) is 0 Å². The first-order valence-electron chi connectivity index (χ1n) is 9.12. The van der Waals surface area contributed by atoms with Crippen molar-refractivity contribution >= 4 is 22.6 Å². The first-order valence-corrected chi connectivity index (χ1v) is 9.12. The highest BCUT2D eigenvalue weighted by Crippen LogP contribution is 2.25. The number of rotatable bonds is 3. The second kappa shape index (κ2) is 6.12. The SMILES string of the molecule is O=c1c2cc(O)ccc2n2c(N3CCCC3)nnc2n1Cc1ccccc1. The first kappa shape index (κ1) is 15.9. The molecule has 0 saturated carbocycles. The summed E-state index contributed by atoms with van der Waals surface area (Å²) in [7, 11) is 0. The summed E-state index contributed by atoms with van der Waals surface area (Å²) < 4.78 is 3.56. The van der Waals surface area contributed by atoms with Gasteiger partial charge in [0.15, 0.2) is 0 Å². The van der Waals surface area contributed by atoms with E-state index in [0.717, 1.165) is 37.4 Å². The van der Waals surface area contributed by atoms with Crippen molar-refractivity contribution in [2.75, 3.05) is 18.0 Å². The van der Waals surface area contributed by atoms with E-state index in [4.69, 9.17) is 0 Å². The van der Waals surface area contributed by atoms with Gasteiger partial charge < -0.3 is 10.0 Å². The van der Waals surface area contributed by atoms with Gasteiger partial charge in [-0.05, 0) is 36.6 Å². The van der Waals surface area contributed by atoms with Crippen LogP contribution in [0.5, 0.6) is 5.75 Å². The third kappa shape index (κ3) is 2.54. The summed E-state index contributed by atoms with van der Waals surface area (Å²) in [6.45, 7) is 2.25. The van der Waals surface area contributed by atoms with Gasteiger partial charge in [-0.2, -0.15) is 0 Å². The van der Waals surface area contributed by atoms with E-state index in [1.54, 1.807) is 16.7 Å². The Morgan fingerprint density at radius 2 is 1.78 bits per heavy atom. The first-order chi connectivity index (χ1) is 13.2. The second-order valence-electron chi connectivity index (χ2n) is 6.91. The van der Waals surface area contributed by atoms with Gasteiger partial charge in [0.25, 0.3) is 5.56 Å². The minimum Gasteiger partial charge on any atom is -0.508 e. The average molecular weight is 361 g/mol. The lowest BCUT2D eigenvalue weighted by atomic mass is 10.2. The molecule has 2 aromatic carbocycles. The number of aromatic nitrogens is 4. The van der Waals surface area contributed by atoms with Gasteiger partial charge in [0.2, 0.25) is 11.7 Å². The number of phenolic OH excluding ortho intramolecular Hbond substituents is 1. The van der Waals surface area contributed by atoms with Crippen LogP contribution in [0.1, 0.15) is 18.4 Å². The molecule has 0 atom stereocenters. The van der Waals surface area contributed by atoms with Gasteiger partial charge in [-0.25, -0.2) is 4.40 Å². The van der Waals surface area contributed by atoms with Crippen molar-refractivity contribution in [1.29, 1.82) is 0 Å². The normalized spacial score (nSPS) is 14.4. The van der Waals surface area contributed by atoms with Crippen LogP contribution in [0.15, 0.2) is 53.3 Å². The summed E-state index contributed by atoms with van der Waals surface area (Å²) in [5, 5.41) is 19.2. The molecule has 4 aromatic rings. The maximum absolute atomic E-state index is 13.2. The van der Waals surface area contributed by atoms with Gasteiger partial charge in [-0.1, -0.05) is 30.3 Å². The van der Waals surface area contributed by atoms with Crippen molar-refractivity contribution in [3.05, 3.63) is 64.4 Å². The van der Waals surface area contributed by atoms with Crippen LogP contribution in [0.4, 0.5) is 5.95 Å². The Morgan fingerprint density at radius 1 is 1.00 bits per heavy atom. The number of hydrogen-bond donors (Lipinski definition) is 1. The smallest absolute Gasteiger partial charge is 0.263 e. The van der Waals surface area contributed by atoms with Crippen LogP contribution >= 0.6 is 0 Å². The number of nitrogens with zero attached hydrogens (tertiary/aromatic N) is 5. The van der Waals surface area contributed by atoms with E-state index >= 15 is 0 Å². The monoisotopic (exact) mass is 361 g/mol. The Morgan fingerprint density at radius 3 is 2.56 bits per heavy atom. The Hall–Kier alpha value is -3.35. The highest BCUT2D eigenvalue weighted by molar-refractivity contribution is 5.83. The number of phenols is 1. The van der Waals surface area contributed by atoms with Crippen LogP contribution in [0.3, 0.4) is 0 Å². The highest BCUT2D eigenvalue weighted by Gasteiger charge is 2.22. The molecule has 1 N–H and O–H groups in total. The standard InChI is InChI=1S/C20H19N5O2/c26-15-8-9-17-16(12-15)18(27)24(13-14-6-2-1-3-7-14)20-22-21-19(25(17)20)23-10-4-5-11-23/h1-3,6-9,12,26H,4-5,10-11,13H2. The number of anilines is 1. The third-order valence-corrected chi connectivity index (χ3v) is 5.14. The highest BCUT2D eigenvalue weighted by atomic mass is 16.3. The van der Waals surface area contributed by atoms with E-state index in [1.807, 2.05) is 34.7 Å². The molecule has 7 heteroatoms. The number of aromatic hydroxyl groups is 1. The maximum atomic E-state index is 13.2. The van der Waals surface area contributed by atoms with Gasteiger partial charge in [0.1, 0.15) is 5.75 Å². The molecule has 27 heavy (non-hydrogen) atoms. The van der Waals surface area contributed by atoms with E-state index < -0.39 is 0 Å². The summed E-state index contributed by atoms with van der Waals surface area (Å²) in [5.41, 5.74) is 1.54. The van der Waals surface area contributed by atoms with Crippen molar-refractivity contribution in [1.82, 2.24) is 19.2 Å². The molecular weight excluding hydrogens is 342 g/mol. The summed E-state index contributed by atoms with van der Waals surface area (Å²) in [6, 6.07) is 14.7. The molecule has 0 bridgehead atoms. The van der Waals surface area contributed by atoms with Gasteiger partial charge >= 0.3 is 0 Å². The van der Waals surface area contributed by atoms with Crippen molar-refractivity contribution < 1.29 is 5.11 Å². The minimum absolute atomic E-state index is 0.0704. The Labute approximate surface area is 155 Å². The quantitative estimate of drug-likeness (QED) is 0.606. The summed E-state index contributed by atoms with van der Waals surface area (Å²) in [6.07, 6.45) is 2.24. The molecule has 7 nitrogen and oxygen atoms in total. The van der Waals surface area contributed by atoms with Crippen LogP contribution in [-0.2, 0) is 6.54 Å². The number of benzene rings is 2. The Bertz CT molecular complexity index is 1190. The van der Waals surface area contributed by atoms with Crippen LogP contribution in [0.2, 0.25) is 0 Å². The molecule has 0 spiro atoms. The molecule has 1 aliphatic rings. The van der Waals surface area contributed by atoms with Gasteiger partial charge in [-0.3, -0.25) is 9.36 Å². The minimum atomic E-state index is -0.183. The third-order valence-electron chi connectivity index (χ3n) is 5.14. The fourth-order valence-corrected chi connectivity index (χ4v) is 3.82. The molecule has 0 unspecified atom stereocenters. The summed E-state index contributed by atoms with van der Waals surface area (Å²) >= 11 is 0. The molecule has 0 radical (unpaired) electrons. The van der Waals surface area contributed by atoms with Gasteiger partial charge in [0, 0.05) is 13.1 Å². The van der Waals surface area contributed by atoms with Gasteiger partial charge in [0.05, 0.1) is 17.4 Å². The van der Waals surface area contributed by atoms with Crippen molar-refractivity contribution in [3.63, 3.8) is 0 Å². The van der Waals surface area contributed by atoms with E-state index in [2.05, 4.69) is 15.1 Å². The summed E-state index contributed by atoms with van der Waals surface area (Å²) in [5.74, 6) is 1.34. The molecule has 5 rings (SSSR count). The fraction of sp³-hybridized carbons (Fsp3) is 0.250. The van der Waals surface area contributed by atoms with E-state index in [-0.39, 0.29) is 11.3 Å². The van der Waals surface area contributed by atoms with Crippen LogP contribution in [0.25, 0.3) is 16.7 Å². The summed E-state index contributed by atoms with van der Waals surface area (Å²) in [4.78, 5) is 15.4.